The van der Waals surface area contributed by atoms with Crippen molar-refractivity contribution in [3.63, 3.8) is 0 Å². The highest BCUT2D eigenvalue weighted by molar-refractivity contribution is 7.89. The van der Waals surface area contributed by atoms with Crippen molar-refractivity contribution in [1.29, 1.82) is 0 Å². The van der Waals surface area contributed by atoms with Crippen LogP contribution in [-0.4, -0.2) is 93.1 Å². The molecule has 31 heavy (non-hydrogen) atoms. The summed E-state index contributed by atoms with van der Waals surface area (Å²) in [5, 5.41) is 0. The molecular weight excluding hydrogens is 422 g/mol. The number of anilines is 1. The van der Waals surface area contributed by atoms with E-state index in [4.69, 9.17) is 9.47 Å². The fourth-order valence-electron chi connectivity index (χ4n) is 3.69. The minimum atomic E-state index is -3.72. The topological polar surface area (TPSA) is 105 Å². The van der Waals surface area contributed by atoms with Crippen LogP contribution in [0.15, 0.2) is 41.6 Å². The first-order chi connectivity index (χ1) is 15.0. The quantitative estimate of drug-likeness (QED) is 0.651. The summed E-state index contributed by atoms with van der Waals surface area (Å²) in [4.78, 5) is 25.5. The van der Waals surface area contributed by atoms with E-state index in [1.807, 2.05) is 4.90 Å². The number of aromatic nitrogens is 2. The van der Waals surface area contributed by atoms with Crippen LogP contribution < -0.4 is 9.64 Å². The third kappa shape index (κ3) is 4.48. The number of hydrogen-bond acceptors (Lipinski definition) is 8. The van der Waals surface area contributed by atoms with Gasteiger partial charge in [0.2, 0.25) is 16.0 Å². The van der Waals surface area contributed by atoms with Crippen molar-refractivity contribution in [3.05, 3.63) is 42.2 Å². The van der Waals surface area contributed by atoms with Crippen LogP contribution in [0.4, 0.5) is 5.95 Å². The highest BCUT2D eigenvalue weighted by Gasteiger charge is 2.30. The number of piperazine rings is 1. The minimum Gasteiger partial charge on any atom is -0.496 e. The van der Waals surface area contributed by atoms with Crippen LogP contribution in [-0.2, 0) is 14.8 Å². The molecule has 2 aromatic rings. The van der Waals surface area contributed by atoms with E-state index in [0.717, 1.165) is 0 Å². The van der Waals surface area contributed by atoms with Crippen LogP contribution >= 0.6 is 0 Å². The van der Waals surface area contributed by atoms with E-state index >= 15 is 0 Å². The van der Waals surface area contributed by atoms with E-state index in [0.29, 0.717) is 64.2 Å². The van der Waals surface area contributed by atoms with Gasteiger partial charge in [0.25, 0.3) is 5.91 Å². The van der Waals surface area contributed by atoms with Gasteiger partial charge in [-0.1, -0.05) is 0 Å². The lowest BCUT2D eigenvalue weighted by molar-refractivity contribution is 0.0728. The molecule has 11 heteroatoms. The highest BCUT2D eigenvalue weighted by Crippen LogP contribution is 2.27. The Kier molecular flexibility index (Phi) is 6.35. The summed E-state index contributed by atoms with van der Waals surface area (Å²) in [6.07, 6.45) is 3.37. The van der Waals surface area contributed by atoms with Gasteiger partial charge in [0, 0.05) is 51.7 Å². The van der Waals surface area contributed by atoms with Crippen LogP contribution in [0.2, 0.25) is 0 Å². The second-order valence-corrected chi connectivity index (χ2v) is 9.14. The number of benzene rings is 1. The standard InChI is InChI=1S/C20H25N5O5S/c1-29-18-4-3-16(31(27,28)25-11-13-30-14-12-25)15-17(18)19(26)23-7-9-24(10-8-23)20-21-5-2-6-22-20/h2-6,15H,7-14H2,1H3. The maximum atomic E-state index is 13.2. The summed E-state index contributed by atoms with van der Waals surface area (Å²) in [7, 11) is -2.25. The summed E-state index contributed by atoms with van der Waals surface area (Å²) < 4.78 is 38.0. The van der Waals surface area contributed by atoms with Gasteiger partial charge < -0.3 is 19.3 Å². The third-order valence-electron chi connectivity index (χ3n) is 5.41. The van der Waals surface area contributed by atoms with E-state index in [9.17, 15) is 13.2 Å². The zero-order chi connectivity index (χ0) is 21.8. The van der Waals surface area contributed by atoms with Gasteiger partial charge in [-0.05, 0) is 24.3 Å². The van der Waals surface area contributed by atoms with E-state index in [2.05, 4.69) is 9.97 Å². The Morgan fingerprint density at radius 3 is 2.35 bits per heavy atom. The number of carbonyl (C=O) groups is 1. The molecule has 2 aliphatic heterocycles. The Morgan fingerprint density at radius 1 is 1.03 bits per heavy atom. The first kappa shape index (κ1) is 21.5. The van der Waals surface area contributed by atoms with E-state index in [-0.39, 0.29) is 16.4 Å². The van der Waals surface area contributed by atoms with Gasteiger partial charge in [-0.2, -0.15) is 4.31 Å². The number of amides is 1. The maximum absolute atomic E-state index is 13.2. The van der Waals surface area contributed by atoms with Crippen molar-refractivity contribution in [2.75, 3.05) is 64.5 Å². The zero-order valence-electron chi connectivity index (χ0n) is 17.3. The van der Waals surface area contributed by atoms with Crippen molar-refractivity contribution in [2.45, 2.75) is 4.90 Å². The Morgan fingerprint density at radius 2 is 1.71 bits per heavy atom. The molecule has 2 saturated heterocycles. The van der Waals surface area contributed by atoms with E-state index in [1.165, 1.54) is 29.6 Å². The lowest BCUT2D eigenvalue weighted by Crippen LogP contribution is -2.49. The lowest BCUT2D eigenvalue weighted by atomic mass is 10.1. The molecule has 0 N–H and O–H groups in total. The summed E-state index contributed by atoms with van der Waals surface area (Å²) in [6.45, 7) is 3.42. The monoisotopic (exact) mass is 447 g/mol. The number of ether oxygens (including phenoxy) is 2. The summed E-state index contributed by atoms with van der Waals surface area (Å²) in [5.41, 5.74) is 0.237. The summed E-state index contributed by atoms with van der Waals surface area (Å²) in [6, 6.07) is 6.19. The summed E-state index contributed by atoms with van der Waals surface area (Å²) in [5.74, 6) is 0.718. The van der Waals surface area contributed by atoms with Gasteiger partial charge in [0.15, 0.2) is 0 Å². The SMILES string of the molecule is COc1ccc(S(=O)(=O)N2CCOCC2)cc1C(=O)N1CCN(c2ncccn2)CC1. The third-order valence-corrected chi connectivity index (χ3v) is 7.31. The Hall–Kier alpha value is -2.76. The van der Waals surface area contributed by atoms with Crippen LogP contribution in [0.25, 0.3) is 0 Å². The van der Waals surface area contributed by atoms with Crippen LogP contribution in [0.5, 0.6) is 5.75 Å². The first-order valence-corrected chi connectivity index (χ1v) is 11.5. The van der Waals surface area contributed by atoms with E-state index in [1.54, 1.807) is 23.4 Å². The number of nitrogens with zero attached hydrogens (tertiary/aromatic N) is 5. The molecule has 0 spiro atoms. The molecule has 0 radical (unpaired) electrons. The molecule has 3 heterocycles. The number of morpholine rings is 1. The van der Waals surface area contributed by atoms with Crippen molar-refractivity contribution in [3.8, 4) is 5.75 Å². The number of methoxy groups -OCH3 is 1. The molecule has 0 atom stereocenters. The fourth-order valence-corrected chi connectivity index (χ4v) is 5.12. The number of hydrogen-bond donors (Lipinski definition) is 0. The van der Waals surface area contributed by atoms with Crippen LogP contribution in [0.3, 0.4) is 0 Å². The van der Waals surface area contributed by atoms with E-state index < -0.39 is 10.0 Å². The second-order valence-electron chi connectivity index (χ2n) is 7.21. The van der Waals surface area contributed by atoms with Gasteiger partial charge in [-0.3, -0.25) is 4.79 Å². The smallest absolute Gasteiger partial charge is 0.257 e. The largest absolute Gasteiger partial charge is 0.496 e. The number of rotatable bonds is 5. The zero-order valence-corrected chi connectivity index (χ0v) is 18.1. The minimum absolute atomic E-state index is 0.0786. The molecule has 2 fully saturated rings. The Balaban J connectivity index is 1.53. The van der Waals surface area contributed by atoms with Crippen molar-refractivity contribution in [1.82, 2.24) is 19.2 Å². The van der Waals surface area contributed by atoms with Gasteiger partial charge in [-0.25, -0.2) is 18.4 Å². The molecule has 166 valence electrons. The van der Waals surface area contributed by atoms with Crippen molar-refractivity contribution >= 4 is 21.9 Å². The van der Waals surface area contributed by atoms with Gasteiger partial charge in [-0.15, -0.1) is 0 Å². The maximum Gasteiger partial charge on any atom is 0.257 e. The molecule has 0 bridgehead atoms. The molecule has 0 unspecified atom stereocenters. The highest BCUT2D eigenvalue weighted by atomic mass is 32.2. The van der Waals surface area contributed by atoms with Crippen molar-refractivity contribution in [2.24, 2.45) is 0 Å². The molecule has 0 aliphatic carbocycles. The van der Waals surface area contributed by atoms with Crippen LogP contribution in [0.1, 0.15) is 10.4 Å². The molecule has 10 nitrogen and oxygen atoms in total. The molecule has 0 saturated carbocycles. The second kappa shape index (κ2) is 9.16. The normalized spacial score (nSPS) is 18.1. The molecule has 2 aliphatic rings. The Labute approximate surface area is 181 Å². The predicted molar refractivity (Wildman–Crippen MR) is 113 cm³/mol. The molecule has 1 aromatic heterocycles. The molecule has 1 amide bonds. The number of sulfonamides is 1. The van der Waals surface area contributed by atoms with Gasteiger partial charge in [0.05, 0.1) is 30.8 Å². The van der Waals surface area contributed by atoms with Gasteiger partial charge >= 0.3 is 0 Å². The molecular formula is C20H25N5O5S. The summed E-state index contributed by atoms with van der Waals surface area (Å²) >= 11 is 0. The van der Waals surface area contributed by atoms with Gasteiger partial charge in [0.1, 0.15) is 5.75 Å². The average molecular weight is 448 g/mol. The average Bonchev–Trinajstić information content (AvgIpc) is 2.84. The molecule has 4 rings (SSSR count). The predicted octanol–water partition coefficient (Wildman–Crippen LogP) is 0.469. The number of carbonyl (C=O) groups excluding carboxylic acids is 1. The fraction of sp³-hybridized carbons (Fsp3) is 0.450. The van der Waals surface area contributed by atoms with Crippen LogP contribution in [0, 0.1) is 0 Å². The lowest BCUT2D eigenvalue weighted by Gasteiger charge is -2.35. The Bertz CT molecular complexity index is 1020. The first-order valence-electron chi connectivity index (χ1n) is 10.1. The molecule has 1 aromatic carbocycles. The van der Waals surface area contributed by atoms with Crippen molar-refractivity contribution < 1.29 is 22.7 Å².